The number of nitrogens with zero attached hydrogens (tertiary/aromatic N) is 5. The molecule has 1 amide bonds. The molecule has 1 saturated heterocycles. The normalized spacial score (nSPS) is 18.3. The number of hydrogen-bond donors (Lipinski definition) is 0. The van der Waals surface area contributed by atoms with Crippen molar-refractivity contribution < 1.29 is 4.79 Å². The Morgan fingerprint density at radius 2 is 1.74 bits per heavy atom. The van der Waals surface area contributed by atoms with Crippen molar-refractivity contribution in [1.29, 1.82) is 0 Å². The molecule has 0 aliphatic carbocycles. The quantitative estimate of drug-likeness (QED) is 0.561. The molecule has 6 nitrogen and oxygen atoms in total. The zero-order valence-corrected chi connectivity index (χ0v) is 18.6. The van der Waals surface area contributed by atoms with Crippen LogP contribution in [0.2, 0.25) is 0 Å². The molecule has 2 aromatic carbocycles. The van der Waals surface area contributed by atoms with Gasteiger partial charge < -0.3 is 9.80 Å². The first-order valence-corrected chi connectivity index (χ1v) is 12.0. The fraction of sp³-hybridized carbons (Fsp3) is 0.375. The van der Waals surface area contributed by atoms with Crippen molar-refractivity contribution in [3.8, 4) is 5.69 Å². The van der Waals surface area contributed by atoms with E-state index in [0.29, 0.717) is 5.75 Å². The Kier molecular flexibility index (Phi) is 5.68. The molecule has 1 fully saturated rings. The molecule has 31 heavy (non-hydrogen) atoms. The van der Waals surface area contributed by atoms with E-state index in [-0.39, 0.29) is 11.9 Å². The molecule has 3 aromatic rings. The highest BCUT2D eigenvalue weighted by Crippen LogP contribution is 2.33. The van der Waals surface area contributed by atoms with E-state index in [4.69, 9.17) is 0 Å². The van der Waals surface area contributed by atoms with Gasteiger partial charge in [-0.1, -0.05) is 48.2 Å². The third-order valence-electron chi connectivity index (χ3n) is 6.07. The van der Waals surface area contributed by atoms with Gasteiger partial charge in [0.1, 0.15) is 0 Å². The Bertz CT molecular complexity index is 1060. The van der Waals surface area contributed by atoms with Crippen LogP contribution in [0.5, 0.6) is 0 Å². The van der Waals surface area contributed by atoms with E-state index in [1.807, 2.05) is 41.3 Å². The highest BCUT2D eigenvalue weighted by atomic mass is 32.2. The standard InChI is InChI=1S/C24H27N5OS/c1-18-16-19-10-6-7-13-21(19)28(18)22(30)17-31-24-26-25-23(27-14-8-3-9-15-27)29(24)20-11-4-2-5-12-20/h2,4-7,10-13,18H,3,8-9,14-17H2,1H3/t18-/m0/s1. The summed E-state index contributed by atoms with van der Waals surface area (Å²) in [6.45, 7) is 4.11. The fourth-order valence-electron chi connectivity index (χ4n) is 4.60. The lowest BCUT2D eigenvalue weighted by Gasteiger charge is -2.28. The fourth-order valence-corrected chi connectivity index (χ4v) is 5.41. The number of rotatable bonds is 5. The number of piperidine rings is 1. The topological polar surface area (TPSA) is 54.3 Å². The molecule has 0 radical (unpaired) electrons. The number of para-hydroxylation sites is 2. The van der Waals surface area contributed by atoms with Gasteiger partial charge in [-0.25, -0.2) is 0 Å². The number of aromatic nitrogens is 3. The maximum atomic E-state index is 13.2. The van der Waals surface area contributed by atoms with Crippen LogP contribution in [0, 0.1) is 0 Å². The van der Waals surface area contributed by atoms with Gasteiger partial charge in [0.05, 0.1) is 11.4 Å². The maximum absolute atomic E-state index is 13.2. The number of hydrogen-bond acceptors (Lipinski definition) is 5. The van der Waals surface area contributed by atoms with Crippen LogP contribution in [0.3, 0.4) is 0 Å². The molecule has 0 bridgehead atoms. The van der Waals surface area contributed by atoms with Gasteiger partial charge in [-0.3, -0.25) is 9.36 Å². The van der Waals surface area contributed by atoms with Gasteiger partial charge >= 0.3 is 0 Å². The van der Waals surface area contributed by atoms with Crippen LogP contribution in [0.25, 0.3) is 5.69 Å². The number of amides is 1. The first-order chi connectivity index (χ1) is 15.2. The summed E-state index contributed by atoms with van der Waals surface area (Å²) in [6, 6.07) is 18.6. The predicted octanol–water partition coefficient (Wildman–Crippen LogP) is 4.33. The van der Waals surface area contributed by atoms with Crippen LogP contribution >= 0.6 is 11.8 Å². The molecule has 2 aliphatic heterocycles. The van der Waals surface area contributed by atoms with Gasteiger partial charge in [0.15, 0.2) is 5.16 Å². The van der Waals surface area contributed by atoms with Crippen molar-refractivity contribution in [3.05, 3.63) is 60.2 Å². The lowest BCUT2D eigenvalue weighted by Crippen LogP contribution is -2.37. The van der Waals surface area contributed by atoms with E-state index in [9.17, 15) is 4.79 Å². The van der Waals surface area contributed by atoms with Crippen LogP contribution < -0.4 is 9.80 Å². The summed E-state index contributed by atoms with van der Waals surface area (Å²) in [5.74, 6) is 1.33. The van der Waals surface area contributed by atoms with Crippen LogP contribution in [0.15, 0.2) is 59.8 Å². The third kappa shape index (κ3) is 3.94. The van der Waals surface area contributed by atoms with Crippen molar-refractivity contribution in [2.24, 2.45) is 0 Å². The van der Waals surface area contributed by atoms with Gasteiger partial charge in [0.2, 0.25) is 11.9 Å². The lowest BCUT2D eigenvalue weighted by atomic mass is 10.1. The van der Waals surface area contributed by atoms with Crippen molar-refractivity contribution in [2.75, 3.05) is 28.6 Å². The molecular weight excluding hydrogens is 406 g/mol. The molecule has 1 aromatic heterocycles. The zero-order chi connectivity index (χ0) is 21.2. The number of anilines is 2. The lowest BCUT2D eigenvalue weighted by molar-refractivity contribution is -0.116. The number of thioether (sulfide) groups is 1. The number of carbonyl (C=O) groups is 1. The summed E-state index contributed by atoms with van der Waals surface area (Å²) in [6.07, 6.45) is 4.53. The van der Waals surface area contributed by atoms with E-state index in [0.717, 1.165) is 42.0 Å². The summed E-state index contributed by atoms with van der Waals surface area (Å²) >= 11 is 1.47. The SMILES string of the molecule is C[C@H]1Cc2ccccc2N1C(=O)CSc1nnc(N2CCCCC2)n1-c1ccccc1. The molecule has 2 aliphatic rings. The maximum Gasteiger partial charge on any atom is 0.237 e. The second kappa shape index (κ2) is 8.75. The Hall–Kier alpha value is -2.80. The van der Waals surface area contributed by atoms with Crippen molar-refractivity contribution in [3.63, 3.8) is 0 Å². The zero-order valence-electron chi connectivity index (χ0n) is 17.8. The van der Waals surface area contributed by atoms with Gasteiger partial charge in [0.25, 0.3) is 0 Å². The number of benzene rings is 2. The van der Waals surface area contributed by atoms with Crippen molar-refractivity contribution in [2.45, 2.75) is 43.8 Å². The largest absolute Gasteiger partial charge is 0.341 e. The average Bonchev–Trinajstić information content (AvgIpc) is 3.39. The molecule has 3 heterocycles. The van der Waals surface area contributed by atoms with Crippen molar-refractivity contribution in [1.82, 2.24) is 14.8 Å². The molecule has 0 saturated carbocycles. The second-order valence-electron chi connectivity index (χ2n) is 8.24. The van der Waals surface area contributed by atoms with Crippen molar-refractivity contribution >= 4 is 29.3 Å². The minimum absolute atomic E-state index is 0.115. The molecule has 7 heteroatoms. The Morgan fingerprint density at radius 3 is 2.55 bits per heavy atom. The molecule has 0 unspecified atom stereocenters. The highest BCUT2D eigenvalue weighted by Gasteiger charge is 2.31. The van der Waals surface area contributed by atoms with E-state index in [2.05, 4.69) is 44.8 Å². The van der Waals surface area contributed by atoms with Gasteiger partial charge in [-0.05, 0) is 56.4 Å². The van der Waals surface area contributed by atoms with Gasteiger partial charge in [0, 0.05) is 24.8 Å². The Morgan fingerprint density at radius 1 is 1.00 bits per heavy atom. The molecule has 5 rings (SSSR count). The molecule has 0 spiro atoms. The summed E-state index contributed by atoms with van der Waals surface area (Å²) in [5.41, 5.74) is 3.32. The first kappa shape index (κ1) is 20.1. The summed E-state index contributed by atoms with van der Waals surface area (Å²) in [7, 11) is 0. The molecule has 1 atom stereocenters. The van der Waals surface area contributed by atoms with E-state index in [1.165, 1.54) is 36.6 Å². The molecule has 0 N–H and O–H groups in total. The van der Waals surface area contributed by atoms with E-state index < -0.39 is 0 Å². The Balaban J connectivity index is 1.39. The van der Waals surface area contributed by atoms with Crippen LogP contribution in [-0.2, 0) is 11.2 Å². The number of fused-ring (bicyclic) bond motifs is 1. The van der Waals surface area contributed by atoms with E-state index >= 15 is 0 Å². The minimum atomic E-state index is 0.115. The highest BCUT2D eigenvalue weighted by molar-refractivity contribution is 7.99. The third-order valence-corrected chi connectivity index (χ3v) is 6.98. The second-order valence-corrected chi connectivity index (χ2v) is 9.18. The van der Waals surface area contributed by atoms with E-state index in [1.54, 1.807) is 0 Å². The smallest absolute Gasteiger partial charge is 0.237 e. The first-order valence-electron chi connectivity index (χ1n) is 11.0. The predicted molar refractivity (Wildman–Crippen MR) is 125 cm³/mol. The summed E-state index contributed by atoms with van der Waals surface area (Å²) in [5, 5.41) is 9.79. The van der Waals surface area contributed by atoms with Crippen LogP contribution in [0.1, 0.15) is 31.7 Å². The number of carbonyl (C=O) groups excluding carboxylic acids is 1. The summed E-state index contributed by atoms with van der Waals surface area (Å²) in [4.78, 5) is 17.4. The average molecular weight is 434 g/mol. The molecule has 160 valence electrons. The van der Waals surface area contributed by atoms with Crippen LogP contribution in [0.4, 0.5) is 11.6 Å². The molecular formula is C24H27N5OS. The van der Waals surface area contributed by atoms with Gasteiger partial charge in [-0.15, -0.1) is 10.2 Å². The monoisotopic (exact) mass is 433 g/mol. The minimum Gasteiger partial charge on any atom is -0.341 e. The Labute approximate surface area is 187 Å². The van der Waals surface area contributed by atoms with Gasteiger partial charge in [-0.2, -0.15) is 0 Å². The summed E-state index contributed by atoms with van der Waals surface area (Å²) < 4.78 is 2.10. The van der Waals surface area contributed by atoms with Crippen LogP contribution in [-0.4, -0.2) is 45.6 Å².